The standard InChI is InChI=1S/C15H19N3O3/c1-4-18(5-2)13(19)9-16-10-6-7-11-12(8-10)15(21)17(3)14(11)20/h6-8,16H,4-5,9H2,1-3H3. The topological polar surface area (TPSA) is 69.7 Å². The van der Waals surface area contributed by atoms with Gasteiger partial charge in [-0.05, 0) is 32.0 Å². The second kappa shape index (κ2) is 5.95. The van der Waals surface area contributed by atoms with E-state index in [0.29, 0.717) is 29.9 Å². The Bertz CT molecular complexity index is 594. The second-order valence-electron chi connectivity index (χ2n) is 4.85. The Balaban J connectivity index is 2.09. The molecule has 0 bridgehead atoms. The maximum absolute atomic E-state index is 11.9. The molecule has 1 aliphatic rings. The van der Waals surface area contributed by atoms with Gasteiger partial charge in [-0.25, -0.2) is 0 Å². The molecule has 0 radical (unpaired) electrons. The number of nitrogens with zero attached hydrogens (tertiary/aromatic N) is 2. The van der Waals surface area contributed by atoms with Gasteiger partial charge in [-0.3, -0.25) is 19.3 Å². The summed E-state index contributed by atoms with van der Waals surface area (Å²) in [6.45, 7) is 5.35. The van der Waals surface area contributed by atoms with Gasteiger partial charge in [0.05, 0.1) is 17.7 Å². The van der Waals surface area contributed by atoms with Gasteiger partial charge in [0.2, 0.25) is 5.91 Å². The first-order valence-electron chi connectivity index (χ1n) is 6.97. The van der Waals surface area contributed by atoms with Crippen LogP contribution in [0.3, 0.4) is 0 Å². The molecule has 1 aromatic rings. The van der Waals surface area contributed by atoms with Gasteiger partial charge in [0.15, 0.2) is 0 Å². The minimum absolute atomic E-state index is 0.0000180. The lowest BCUT2D eigenvalue weighted by Crippen LogP contribution is -2.35. The molecule has 6 heteroatoms. The zero-order chi connectivity index (χ0) is 15.6. The molecule has 0 spiro atoms. The van der Waals surface area contributed by atoms with Crippen LogP contribution in [0.15, 0.2) is 18.2 Å². The summed E-state index contributed by atoms with van der Waals surface area (Å²) in [6.07, 6.45) is 0. The van der Waals surface area contributed by atoms with Crippen molar-refractivity contribution in [3.8, 4) is 0 Å². The SMILES string of the molecule is CCN(CC)C(=O)CNc1ccc2c(c1)C(=O)N(C)C2=O. The minimum atomic E-state index is -0.311. The Morgan fingerprint density at radius 3 is 2.38 bits per heavy atom. The van der Waals surface area contributed by atoms with Crippen molar-refractivity contribution in [2.24, 2.45) is 0 Å². The second-order valence-corrected chi connectivity index (χ2v) is 4.85. The van der Waals surface area contributed by atoms with Crippen LogP contribution in [0.5, 0.6) is 0 Å². The highest BCUT2D eigenvalue weighted by molar-refractivity contribution is 6.21. The number of carbonyl (C=O) groups excluding carboxylic acids is 3. The third kappa shape index (κ3) is 2.74. The molecule has 0 aliphatic carbocycles. The number of amides is 3. The summed E-state index contributed by atoms with van der Waals surface area (Å²) in [5, 5.41) is 3.00. The van der Waals surface area contributed by atoms with Gasteiger partial charge in [0, 0.05) is 25.8 Å². The molecule has 6 nitrogen and oxygen atoms in total. The summed E-state index contributed by atoms with van der Waals surface area (Å²) >= 11 is 0. The maximum Gasteiger partial charge on any atom is 0.261 e. The molecule has 1 heterocycles. The highest BCUT2D eigenvalue weighted by Crippen LogP contribution is 2.24. The van der Waals surface area contributed by atoms with Crippen molar-refractivity contribution >= 4 is 23.4 Å². The van der Waals surface area contributed by atoms with Crippen LogP contribution in [0, 0.1) is 0 Å². The van der Waals surface area contributed by atoms with Gasteiger partial charge in [0.1, 0.15) is 0 Å². The summed E-state index contributed by atoms with van der Waals surface area (Å²) in [5.74, 6) is -0.602. The summed E-state index contributed by atoms with van der Waals surface area (Å²) in [4.78, 5) is 38.4. The first kappa shape index (κ1) is 15.0. The van der Waals surface area contributed by atoms with Crippen molar-refractivity contribution in [1.82, 2.24) is 9.80 Å². The average molecular weight is 289 g/mol. The molecule has 0 saturated carbocycles. The number of benzene rings is 1. The maximum atomic E-state index is 11.9. The van der Waals surface area contributed by atoms with Crippen LogP contribution in [-0.4, -0.2) is 54.2 Å². The average Bonchev–Trinajstić information content (AvgIpc) is 2.71. The van der Waals surface area contributed by atoms with Gasteiger partial charge in [-0.15, -0.1) is 0 Å². The molecule has 112 valence electrons. The van der Waals surface area contributed by atoms with Crippen molar-refractivity contribution in [3.63, 3.8) is 0 Å². The summed E-state index contributed by atoms with van der Waals surface area (Å²) in [5.41, 5.74) is 1.44. The van der Waals surface area contributed by atoms with Crippen LogP contribution in [-0.2, 0) is 4.79 Å². The predicted molar refractivity (Wildman–Crippen MR) is 79.3 cm³/mol. The summed E-state index contributed by atoms with van der Waals surface area (Å²) in [6, 6.07) is 4.94. The normalized spacial score (nSPS) is 13.4. The molecule has 0 atom stereocenters. The molecule has 0 unspecified atom stereocenters. The van der Waals surface area contributed by atoms with E-state index < -0.39 is 0 Å². The van der Waals surface area contributed by atoms with Crippen molar-refractivity contribution in [3.05, 3.63) is 29.3 Å². The Labute approximate surface area is 123 Å². The number of hydrogen-bond acceptors (Lipinski definition) is 4. The fourth-order valence-electron chi connectivity index (χ4n) is 2.34. The van der Waals surface area contributed by atoms with Gasteiger partial charge in [-0.1, -0.05) is 0 Å². The number of fused-ring (bicyclic) bond motifs is 1. The van der Waals surface area contributed by atoms with E-state index in [0.717, 1.165) is 4.90 Å². The molecule has 1 aliphatic heterocycles. The van der Waals surface area contributed by atoms with Crippen molar-refractivity contribution in [2.75, 3.05) is 32.0 Å². The largest absolute Gasteiger partial charge is 0.376 e. The number of likely N-dealkylation sites (N-methyl/N-ethyl adjacent to an activating group) is 1. The third-order valence-electron chi connectivity index (χ3n) is 3.65. The van der Waals surface area contributed by atoms with E-state index in [1.54, 1.807) is 23.1 Å². The highest BCUT2D eigenvalue weighted by atomic mass is 16.2. The van der Waals surface area contributed by atoms with Gasteiger partial charge >= 0.3 is 0 Å². The van der Waals surface area contributed by atoms with Crippen LogP contribution in [0.1, 0.15) is 34.6 Å². The Morgan fingerprint density at radius 2 is 1.76 bits per heavy atom. The molecular formula is C15H19N3O3. The Hall–Kier alpha value is -2.37. The molecule has 2 rings (SSSR count). The van der Waals surface area contributed by atoms with Crippen molar-refractivity contribution < 1.29 is 14.4 Å². The van der Waals surface area contributed by atoms with Crippen LogP contribution in [0.2, 0.25) is 0 Å². The molecule has 1 N–H and O–H groups in total. The van der Waals surface area contributed by atoms with Crippen LogP contribution in [0.25, 0.3) is 0 Å². The lowest BCUT2D eigenvalue weighted by molar-refractivity contribution is -0.128. The molecular weight excluding hydrogens is 270 g/mol. The lowest BCUT2D eigenvalue weighted by Gasteiger charge is -2.19. The molecule has 3 amide bonds. The van der Waals surface area contributed by atoms with E-state index in [-0.39, 0.29) is 24.3 Å². The molecule has 0 saturated heterocycles. The Morgan fingerprint density at radius 1 is 1.14 bits per heavy atom. The summed E-state index contributed by atoms with van der Waals surface area (Å²) in [7, 11) is 1.46. The molecule has 0 fully saturated rings. The first-order valence-corrected chi connectivity index (χ1v) is 6.97. The number of nitrogens with one attached hydrogen (secondary N) is 1. The van der Waals surface area contributed by atoms with Crippen LogP contribution in [0.4, 0.5) is 5.69 Å². The molecule has 21 heavy (non-hydrogen) atoms. The predicted octanol–water partition coefficient (Wildman–Crippen LogP) is 1.19. The van der Waals surface area contributed by atoms with Crippen molar-refractivity contribution in [2.45, 2.75) is 13.8 Å². The fourth-order valence-corrected chi connectivity index (χ4v) is 2.34. The number of carbonyl (C=O) groups is 3. The highest BCUT2D eigenvalue weighted by Gasteiger charge is 2.32. The zero-order valence-electron chi connectivity index (χ0n) is 12.5. The van der Waals surface area contributed by atoms with Gasteiger partial charge in [0.25, 0.3) is 11.8 Å². The first-order chi connectivity index (χ1) is 9.99. The van der Waals surface area contributed by atoms with Crippen LogP contribution < -0.4 is 5.32 Å². The Kier molecular flexibility index (Phi) is 4.26. The quantitative estimate of drug-likeness (QED) is 0.827. The number of imide groups is 1. The van der Waals surface area contributed by atoms with E-state index in [9.17, 15) is 14.4 Å². The third-order valence-corrected chi connectivity index (χ3v) is 3.65. The monoisotopic (exact) mass is 289 g/mol. The van der Waals surface area contributed by atoms with E-state index >= 15 is 0 Å². The van der Waals surface area contributed by atoms with Crippen LogP contribution >= 0.6 is 0 Å². The molecule has 1 aromatic carbocycles. The van der Waals surface area contributed by atoms with Crippen molar-refractivity contribution in [1.29, 1.82) is 0 Å². The van der Waals surface area contributed by atoms with Gasteiger partial charge in [-0.2, -0.15) is 0 Å². The number of anilines is 1. The van der Waals surface area contributed by atoms with E-state index in [2.05, 4.69) is 5.32 Å². The lowest BCUT2D eigenvalue weighted by atomic mass is 10.1. The van der Waals surface area contributed by atoms with Gasteiger partial charge < -0.3 is 10.2 Å². The number of hydrogen-bond donors (Lipinski definition) is 1. The smallest absolute Gasteiger partial charge is 0.261 e. The van der Waals surface area contributed by atoms with E-state index in [4.69, 9.17) is 0 Å². The fraction of sp³-hybridized carbons (Fsp3) is 0.400. The minimum Gasteiger partial charge on any atom is -0.376 e. The summed E-state index contributed by atoms with van der Waals surface area (Å²) < 4.78 is 0. The van der Waals surface area contributed by atoms with E-state index in [1.807, 2.05) is 13.8 Å². The van der Waals surface area contributed by atoms with E-state index in [1.165, 1.54) is 7.05 Å². The number of rotatable bonds is 5. The molecule has 0 aromatic heterocycles. The zero-order valence-corrected chi connectivity index (χ0v) is 12.5.